The second kappa shape index (κ2) is 8.54. The molecule has 4 rings (SSSR count). The minimum absolute atomic E-state index is 0.0397. The molecule has 2 aliphatic heterocycles. The Hall–Kier alpha value is -3.53. The minimum atomic E-state index is -4.53. The number of carbonyl (C=O) groups is 2. The molecule has 0 aromatic heterocycles. The van der Waals surface area contributed by atoms with Crippen LogP contribution in [0.2, 0.25) is 5.02 Å². The van der Waals surface area contributed by atoms with Crippen molar-refractivity contribution in [2.24, 2.45) is 4.99 Å². The Morgan fingerprint density at radius 3 is 2.69 bits per heavy atom. The van der Waals surface area contributed by atoms with E-state index in [-0.39, 0.29) is 17.5 Å². The fourth-order valence-corrected chi connectivity index (χ4v) is 3.39. The molecule has 2 aromatic rings. The Morgan fingerprint density at radius 2 is 1.94 bits per heavy atom. The molecule has 1 N–H and O–H groups in total. The van der Waals surface area contributed by atoms with Crippen molar-refractivity contribution >= 4 is 35.2 Å². The predicted octanol–water partition coefficient (Wildman–Crippen LogP) is 4.46. The number of urea groups is 1. The number of aliphatic imine (C=N–C) groups is 1. The Labute approximate surface area is 185 Å². The summed E-state index contributed by atoms with van der Waals surface area (Å²) in [6, 6.07) is 10.7. The molecule has 0 aliphatic carbocycles. The molecule has 2 aliphatic rings. The minimum Gasteiger partial charge on any atom is -0.418 e. The van der Waals surface area contributed by atoms with Gasteiger partial charge in [-0.3, -0.25) is 9.69 Å². The van der Waals surface area contributed by atoms with Gasteiger partial charge in [0.05, 0.1) is 11.8 Å². The van der Waals surface area contributed by atoms with Crippen LogP contribution in [-0.4, -0.2) is 40.8 Å². The quantitative estimate of drug-likeness (QED) is 0.725. The molecule has 0 spiro atoms. The van der Waals surface area contributed by atoms with E-state index in [0.29, 0.717) is 24.7 Å². The third kappa shape index (κ3) is 4.86. The maximum atomic E-state index is 12.9. The number of nitrogens with one attached hydrogen (secondary N) is 1. The number of amides is 3. The van der Waals surface area contributed by atoms with E-state index in [2.05, 4.69) is 10.3 Å². The molecule has 0 fully saturated rings. The standard InChI is InChI=1S/C21H16ClF3N4O3/c22-15-5-1-3-13(9-15)11-28-7-8-29-12-17(32-20(29)27-19(28)31)18(30)26-16-6-2-4-14(10-16)21(23,24)25/h1-6,9-10,12H,7-8,11H2,(H,26,30). The SMILES string of the molecule is O=C(Nc1cccc(C(F)(F)F)c1)C1=CN2CCN(Cc3cccc(Cl)c3)C(=O)N=C2O1. The van der Waals surface area contributed by atoms with Gasteiger partial charge in [0.25, 0.3) is 5.91 Å². The van der Waals surface area contributed by atoms with E-state index in [1.165, 1.54) is 28.1 Å². The second-order valence-corrected chi connectivity index (χ2v) is 7.49. The molecule has 3 amide bonds. The molecule has 0 atom stereocenters. The van der Waals surface area contributed by atoms with Crippen molar-refractivity contribution in [1.29, 1.82) is 0 Å². The largest absolute Gasteiger partial charge is 0.418 e. The molecule has 11 heteroatoms. The van der Waals surface area contributed by atoms with E-state index in [4.69, 9.17) is 16.3 Å². The van der Waals surface area contributed by atoms with Gasteiger partial charge in [-0.05, 0) is 35.9 Å². The topological polar surface area (TPSA) is 74.2 Å². The van der Waals surface area contributed by atoms with Crippen molar-refractivity contribution in [3.63, 3.8) is 0 Å². The number of fused-ring (bicyclic) bond motifs is 1. The van der Waals surface area contributed by atoms with Gasteiger partial charge in [-0.1, -0.05) is 29.8 Å². The Morgan fingerprint density at radius 1 is 1.16 bits per heavy atom. The van der Waals surface area contributed by atoms with Crippen molar-refractivity contribution in [2.75, 3.05) is 18.4 Å². The molecule has 2 aromatic carbocycles. The lowest BCUT2D eigenvalue weighted by Gasteiger charge is -2.19. The van der Waals surface area contributed by atoms with E-state index in [1.54, 1.807) is 18.2 Å². The smallest absolute Gasteiger partial charge is 0.416 e. The fourth-order valence-electron chi connectivity index (χ4n) is 3.18. The third-order valence-electron chi connectivity index (χ3n) is 4.73. The van der Waals surface area contributed by atoms with Gasteiger partial charge >= 0.3 is 18.2 Å². The van der Waals surface area contributed by atoms with Crippen LogP contribution in [0, 0.1) is 0 Å². The van der Waals surface area contributed by atoms with Gasteiger partial charge in [0, 0.05) is 30.3 Å². The van der Waals surface area contributed by atoms with Crippen LogP contribution in [0.1, 0.15) is 11.1 Å². The third-order valence-corrected chi connectivity index (χ3v) is 4.96. The summed E-state index contributed by atoms with van der Waals surface area (Å²) in [7, 11) is 0. The summed E-state index contributed by atoms with van der Waals surface area (Å²) >= 11 is 5.98. The van der Waals surface area contributed by atoms with Crippen LogP contribution < -0.4 is 5.32 Å². The summed E-state index contributed by atoms with van der Waals surface area (Å²) in [5.74, 6) is -0.944. The van der Waals surface area contributed by atoms with Crippen LogP contribution in [0.15, 0.2) is 65.5 Å². The van der Waals surface area contributed by atoms with Gasteiger partial charge in [0.2, 0.25) is 5.76 Å². The first-order valence-corrected chi connectivity index (χ1v) is 9.84. The molecule has 7 nitrogen and oxygen atoms in total. The number of carbonyl (C=O) groups excluding carboxylic acids is 2. The number of ether oxygens (including phenoxy) is 1. The zero-order valence-electron chi connectivity index (χ0n) is 16.4. The van der Waals surface area contributed by atoms with Crippen molar-refractivity contribution in [3.05, 3.63) is 76.6 Å². The number of halogens is 4. The lowest BCUT2D eigenvalue weighted by molar-refractivity contribution is -0.137. The molecule has 32 heavy (non-hydrogen) atoms. The highest BCUT2D eigenvalue weighted by Crippen LogP contribution is 2.31. The van der Waals surface area contributed by atoms with Crippen LogP contribution in [0.3, 0.4) is 0 Å². The summed E-state index contributed by atoms with van der Waals surface area (Å²) in [4.78, 5) is 31.9. The highest BCUT2D eigenvalue weighted by atomic mass is 35.5. The molecule has 166 valence electrons. The number of hydrogen-bond donors (Lipinski definition) is 1. The highest BCUT2D eigenvalue weighted by molar-refractivity contribution is 6.30. The summed E-state index contributed by atoms with van der Waals surface area (Å²) < 4.78 is 44.0. The molecule has 0 saturated carbocycles. The molecular formula is C21H16ClF3N4O3. The number of nitrogens with zero attached hydrogens (tertiary/aromatic N) is 3. The normalized spacial score (nSPS) is 16.1. The second-order valence-electron chi connectivity index (χ2n) is 7.05. The van der Waals surface area contributed by atoms with Crippen molar-refractivity contribution in [2.45, 2.75) is 12.7 Å². The van der Waals surface area contributed by atoms with Crippen LogP contribution >= 0.6 is 11.6 Å². The van der Waals surface area contributed by atoms with Crippen LogP contribution in [-0.2, 0) is 22.3 Å². The van der Waals surface area contributed by atoms with E-state index >= 15 is 0 Å². The van der Waals surface area contributed by atoms with E-state index in [0.717, 1.165) is 17.7 Å². The first kappa shape index (κ1) is 21.7. The summed E-state index contributed by atoms with van der Waals surface area (Å²) in [5.41, 5.74) is -0.0897. The first-order valence-electron chi connectivity index (χ1n) is 9.46. The number of alkyl halides is 3. The molecular weight excluding hydrogens is 449 g/mol. The number of rotatable bonds is 4. The van der Waals surface area contributed by atoms with Gasteiger partial charge in [0.15, 0.2) is 0 Å². The van der Waals surface area contributed by atoms with Crippen molar-refractivity contribution in [1.82, 2.24) is 9.80 Å². The lowest BCUT2D eigenvalue weighted by Crippen LogP contribution is -2.31. The molecule has 2 heterocycles. The van der Waals surface area contributed by atoms with Crippen molar-refractivity contribution < 1.29 is 27.5 Å². The van der Waals surface area contributed by atoms with Gasteiger partial charge in [-0.25, -0.2) is 4.79 Å². The van der Waals surface area contributed by atoms with Gasteiger partial charge < -0.3 is 15.0 Å². The van der Waals surface area contributed by atoms with Gasteiger partial charge in [-0.2, -0.15) is 13.2 Å². The zero-order chi connectivity index (χ0) is 22.9. The number of amidine groups is 1. The number of anilines is 1. The average Bonchev–Trinajstić information content (AvgIpc) is 3.07. The van der Waals surface area contributed by atoms with Crippen LogP contribution in [0.5, 0.6) is 0 Å². The van der Waals surface area contributed by atoms with Crippen LogP contribution in [0.4, 0.5) is 23.7 Å². The summed E-state index contributed by atoms with van der Waals surface area (Å²) in [6.07, 6.45) is -3.17. The molecule has 0 saturated heterocycles. The van der Waals surface area contributed by atoms with Crippen LogP contribution in [0.25, 0.3) is 0 Å². The molecule has 0 unspecified atom stereocenters. The fraction of sp³-hybridized carbons (Fsp3) is 0.190. The average molecular weight is 465 g/mol. The zero-order valence-corrected chi connectivity index (χ0v) is 17.2. The Balaban J connectivity index is 1.42. The molecule has 0 bridgehead atoms. The summed E-state index contributed by atoms with van der Waals surface area (Å²) in [5, 5.41) is 2.91. The van der Waals surface area contributed by atoms with Crippen molar-refractivity contribution in [3.8, 4) is 0 Å². The Kier molecular flexibility index (Phi) is 5.79. The van der Waals surface area contributed by atoms with Gasteiger partial charge in [0.1, 0.15) is 0 Å². The number of hydrogen-bond acceptors (Lipinski definition) is 4. The van der Waals surface area contributed by atoms with E-state index < -0.39 is 23.7 Å². The van der Waals surface area contributed by atoms with Gasteiger partial charge in [-0.15, -0.1) is 4.99 Å². The summed E-state index contributed by atoms with van der Waals surface area (Å²) in [6.45, 7) is 0.919. The predicted molar refractivity (Wildman–Crippen MR) is 111 cm³/mol. The number of benzene rings is 2. The maximum absolute atomic E-state index is 12.9. The van der Waals surface area contributed by atoms with E-state index in [9.17, 15) is 22.8 Å². The highest BCUT2D eigenvalue weighted by Gasteiger charge is 2.33. The lowest BCUT2D eigenvalue weighted by atomic mass is 10.2. The first-order chi connectivity index (χ1) is 15.2. The Bertz CT molecular complexity index is 1130. The monoisotopic (exact) mass is 464 g/mol. The maximum Gasteiger partial charge on any atom is 0.416 e. The van der Waals surface area contributed by atoms with E-state index in [1.807, 2.05) is 6.07 Å². The molecule has 0 radical (unpaired) electrons.